The van der Waals surface area contributed by atoms with Gasteiger partial charge in [-0.1, -0.05) is 219 Å². The van der Waals surface area contributed by atoms with Crippen LogP contribution in [0.5, 0.6) is 28.7 Å². The number of fused-ring (bicyclic) bond motifs is 15. The maximum absolute atomic E-state index is 15.7. The number of halogens is 5. The fourth-order valence-electron chi connectivity index (χ4n) is 26.8. The van der Waals surface area contributed by atoms with E-state index in [-0.39, 0.29) is 56.2 Å². The minimum absolute atomic E-state index is 0.00644. The van der Waals surface area contributed by atoms with Gasteiger partial charge in [-0.2, -0.15) is 0 Å². The SMILES string of the molecule is CCC12CCC(c3cccc(-c4ccc(OC)cc4)c3F)(CC1)CC2.CCCC12CCC(c3ccccc3-c3ccc(OC)cc3F)(CC1)CC2.CCCCC12CCC(c3ccccc3-c3ccc(OC)cc3F)(CC1)CC2.CCCCCC12CCC(c3cccc(-c4ccc(OC)cc4)c3F)(CC1)CC2.COc1ccc(-c2cccc(C34CCC(C)(CC3)CC4)c2F)cc1. The van der Waals surface area contributed by atoms with Crippen LogP contribution in [-0.4, -0.2) is 35.5 Å². The molecule has 0 heterocycles. The molecule has 0 N–H and O–H groups in total. The number of unbranched alkanes of at least 4 members (excludes halogenated alkanes) is 3. The van der Waals surface area contributed by atoms with Crippen LogP contribution in [0.2, 0.25) is 0 Å². The quantitative estimate of drug-likeness (QED) is 0.0421. The Kier molecular flexibility index (Phi) is 28.9. The molecule has 25 rings (SSSR count). The van der Waals surface area contributed by atoms with E-state index in [0.717, 1.165) is 125 Å². The first-order valence-corrected chi connectivity index (χ1v) is 50.2. The lowest BCUT2D eigenvalue weighted by Gasteiger charge is -2.54. The Balaban J connectivity index is 0.000000119. The fourth-order valence-corrected chi connectivity index (χ4v) is 26.8. The summed E-state index contributed by atoms with van der Waals surface area (Å²) in [5.74, 6) is 3.12. The van der Waals surface area contributed by atoms with Gasteiger partial charge in [0.15, 0.2) is 0 Å². The third-order valence-electron chi connectivity index (χ3n) is 36.0. The molecule has 690 valence electrons. The Morgan fingerprint density at radius 2 is 0.492 bits per heavy atom. The number of hydrogen-bond donors (Lipinski definition) is 0. The third kappa shape index (κ3) is 19.1. The number of rotatable bonds is 25. The van der Waals surface area contributed by atoms with Crippen molar-refractivity contribution in [1.82, 2.24) is 0 Å². The van der Waals surface area contributed by atoms with Crippen LogP contribution in [0.3, 0.4) is 0 Å². The zero-order valence-electron chi connectivity index (χ0n) is 79.9. The van der Waals surface area contributed by atoms with Gasteiger partial charge in [0.1, 0.15) is 57.8 Å². The van der Waals surface area contributed by atoms with E-state index in [0.29, 0.717) is 60.8 Å². The summed E-state index contributed by atoms with van der Waals surface area (Å²) >= 11 is 0. The molecule has 15 aliphatic carbocycles. The van der Waals surface area contributed by atoms with Crippen molar-refractivity contribution in [1.29, 1.82) is 0 Å². The summed E-state index contributed by atoms with van der Waals surface area (Å²) in [6, 6.07) is 68.5. The molecule has 0 spiro atoms. The minimum Gasteiger partial charge on any atom is -0.497 e. The summed E-state index contributed by atoms with van der Waals surface area (Å²) < 4.78 is 102. The van der Waals surface area contributed by atoms with Crippen molar-refractivity contribution in [3.05, 3.63) is 269 Å². The largest absolute Gasteiger partial charge is 0.497 e. The molecule has 5 nitrogen and oxygen atoms in total. The summed E-state index contributed by atoms with van der Waals surface area (Å²) in [5, 5.41) is 0. The summed E-state index contributed by atoms with van der Waals surface area (Å²) in [5.41, 5.74) is 17.5. The highest BCUT2D eigenvalue weighted by Gasteiger charge is 2.55. The van der Waals surface area contributed by atoms with Crippen LogP contribution in [0.4, 0.5) is 22.0 Å². The Labute approximate surface area is 775 Å². The molecule has 15 fully saturated rings. The maximum Gasteiger partial charge on any atom is 0.134 e. The highest BCUT2D eigenvalue weighted by molar-refractivity contribution is 5.73. The molecule has 0 saturated heterocycles. The van der Waals surface area contributed by atoms with Crippen LogP contribution in [0.15, 0.2) is 212 Å². The second kappa shape index (κ2) is 40.0. The van der Waals surface area contributed by atoms with Crippen molar-refractivity contribution in [2.45, 2.75) is 319 Å². The van der Waals surface area contributed by atoms with Gasteiger partial charge >= 0.3 is 0 Å². The molecule has 10 aromatic rings. The average Bonchev–Trinajstić information content (AvgIpc) is 0.751. The maximum atomic E-state index is 15.7. The van der Waals surface area contributed by atoms with Crippen LogP contribution in [0.25, 0.3) is 55.6 Å². The minimum atomic E-state index is -0.194. The summed E-state index contributed by atoms with van der Waals surface area (Å²) in [7, 11) is 8.11. The van der Waals surface area contributed by atoms with Crippen molar-refractivity contribution < 1.29 is 45.6 Å². The predicted octanol–water partition coefficient (Wildman–Crippen LogP) is 34.5. The van der Waals surface area contributed by atoms with Crippen molar-refractivity contribution in [3.8, 4) is 84.4 Å². The molecular weight excluding hydrogens is 1620 g/mol. The molecule has 130 heavy (non-hydrogen) atoms. The molecule has 0 unspecified atom stereocenters. The van der Waals surface area contributed by atoms with Gasteiger partial charge in [-0.15, -0.1) is 0 Å². The van der Waals surface area contributed by atoms with Gasteiger partial charge < -0.3 is 23.7 Å². The molecular formula is C120H145F5O5. The number of methoxy groups -OCH3 is 5. The predicted molar refractivity (Wildman–Crippen MR) is 526 cm³/mol. The highest BCUT2D eigenvalue weighted by atomic mass is 19.1. The van der Waals surface area contributed by atoms with Gasteiger partial charge in [0.25, 0.3) is 0 Å². The van der Waals surface area contributed by atoms with E-state index in [2.05, 4.69) is 77.1 Å². The first-order valence-electron chi connectivity index (χ1n) is 50.2. The molecule has 0 radical (unpaired) electrons. The van der Waals surface area contributed by atoms with Gasteiger partial charge in [-0.25, -0.2) is 22.0 Å². The summed E-state index contributed by atoms with van der Waals surface area (Å²) in [6.07, 6.45) is 50.5. The lowest BCUT2D eigenvalue weighted by atomic mass is 9.50. The normalized spacial score (nSPS) is 27.5. The molecule has 15 saturated carbocycles. The number of benzene rings is 10. The molecule has 10 heteroatoms. The molecule has 0 aliphatic heterocycles. The molecule has 10 bridgehead atoms. The molecule has 0 atom stereocenters. The first-order chi connectivity index (χ1) is 63.0. The van der Waals surface area contributed by atoms with Crippen LogP contribution < -0.4 is 23.7 Å². The zero-order valence-corrected chi connectivity index (χ0v) is 79.9. The zero-order chi connectivity index (χ0) is 91.0. The van der Waals surface area contributed by atoms with E-state index in [1.807, 2.05) is 158 Å². The Bertz CT molecular complexity index is 5370. The van der Waals surface area contributed by atoms with Crippen LogP contribution in [0, 0.1) is 56.2 Å². The molecule has 0 amide bonds. The second-order valence-electron chi connectivity index (χ2n) is 42.3. The van der Waals surface area contributed by atoms with Crippen LogP contribution in [-0.2, 0) is 27.1 Å². The number of hydrogen-bond acceptors (Lipinski definition) is 5. The van der Waals surface area contributed by atoms with Crippen LogP contribution >= 0.6 is 0 Å². The third-order valence-corrected chi connectivity index (χ3v) is 36.0. The van der Waals surface area contributed by atoms with E-state index in [1.165, 1.54) is 222 Å². The van der Waals surface area contributed by atoms with Gasteiger partial charge in [-0.3, -0.25) is 0 Å². The van der Waals surface area contributed by atoms with Crippen molar-refractivity contribution in [2.24, 2.45) is 27.1 Å². The van der Waals surface area contributed by atoms with E-state index >= 15 is 13.2 Å². The lowest BCUT2D eigenvalue weighted by Crippen LogP contribution is -2.44. The van der Waals surface area contributed by atoms with E-state index in [4.69, 9.17) is 23.7 Å². The average molecular weight is 1760 g/mol. The fraction of sp³-hybridized carbons (Fsp3) is 0.500. The first kappa shape index (κ1) is 94.1. The molecule has 10 aromatic carbocycles. The Morgan fingerprint density at radius 3 is 0.785 bits per heavy atom. The molecule has 15 aliphatic rings. The standard InChI is InChI=1S/C26H33FO.C25H31FO.C24H29FO.C23H27FO.C22H25FO/c1-3-4-5-13-25-14-17-26(18-15-25,19-16-25)23-8-6-7-22(24(23)27)20-9-11-21(28-2)12-10-20;1-3-4-11-24-12-15-25(16-13-24,17-14-24)22-8-6-5-7-20(22)21-10-9-19(27-2)18-23(21)26;1-3-10-23-11-14-24(15-12-23,16-13-23)21-7-5-4-6-19(21)20-9-8-18(26-2)17-22(20)25;1-3-22-11-14-23(15-12-22,16-13-22)20-6-4-5-19(21(20)24)17-7-9-18(25-2)10-8-17;1-21-10-13-22(14-11-21,15-12-21)19-5-3-4-18(20(19)23)16-6-8-17(24-2)9-7-16/h6-12H,3-5,13-19H2,1-2H3;5-10,18H,3-4,11-17H2,1-2H3;4-9,17H,3,10-16H2,1-2H3;4-10H,3,11-16H2,1-2H3;3-9H,10-15H2,1-2H3. The number of ether oxygens (including phenoxy) is 5. The van der Waals surface area contributed by atoms with Crippen LogP contribution in [0.1, 0.15) is 319 Å². The smallest absolute Gasteiger partial charge is 0.134 e. The van der Waals surface area contributed by atoms with E-state index in [1.54, 1.807) is 35.5 Å². The van der Waals surface area contributed by atoms with Gasteiger partial charge in [-0.05, 0) is 382 Å². The van der Waals surface area contributed by atoms with Gasteiger partial charge in [0, 0.05) is 39.9 Å². The van der Waals surface area contributed by atoms with E-state index in [9.17, 15) is 8.78 Å². The highest BCUT2D eigenvalue weighted by Crippen LogP contribution is 2.66. The lowest BCUT2D eigenvalue weighted by molar-refractivity contribution is 0.0289. The molecule has 0 aromatic heterocycles. The Morgan fingerprint density at radius 1 is 0.231 bits per heavy atom. The van der Waals surface area contributed by atoms with Gasteiger partial charge in [0.05, 0.1) is 35.5 Å². The Hall–Kier alpha value is -9.15. The second-order valence-corrected chi connectivity index (χ2v) is 42.3. The monoisotopic (exact) mass is 1760 g/mol. The topological polar surface area (TPSA) is 46.2 Å². The van der Waals surface area contributed by atoms with Gasteiger partial charge in [0.2, 0.25) is 0 Å². The van der Waals surface area contributed by atoms with Crippen molar-refractivity contribution in [2.75, 3.05) is 35.5 Å². The van der Waals surface area contributed by atoms with E-state index < -0.39 is 0 Å². The summed E-state index contributed by atoms with van der Waals surface area (Å²) in [6.45, 7) is 11.6. The van der Waals surface area contributed by atoms with Crippen molar-refractivity contribution >= 4 is 0 Å². The summed E-state index contributed by atoms with van der Waals surface area (Å²) in [4.78, 5) is 0. The van der Waals surface area contributed by atoms with Crippen molar-refractivity contribution in [3.63, 3.8) is 0 Å².